The molecule has 0 N–H and O–H groups in total. The molecule has 6 aromatic rings. The topological polar surface area (TPSA) is 11.4 Å². The predicted octanol–water partition coefficient (Wildman–Crippen LogP) is 8.43. The van der Waals surface area contributed by atoms with Crippen LogP contribution >= 0.6 is 0 Å². The molecule has 1 unspecified atom stereocenters. The van der Waals surface area contributed by atoms with Crippen molar-refractivity contribution in [2.24, 2.45) is 0 Å². The minimum Gasteiger partial charge on any atom is -0.314 e. The molecule has 0 spiro atoms. The molecular formula is C33H23N3. The molecule has 0 amide bonds. The van der Waals surface area contributed by atoms with Crippen molar-refractivity contribution >= 4 is 50.1 Å². The average molecular weight is 462 g/mol. The lowest BCUT2D eigenvalue weighted by molar-refractivity contribution is 0.880. The van der Waals surface area contributed by atoms with Gasteiger partial charge in [0.05, 0.1) is 28.1 Å². The highest BCUT2D eigenvalue weighted by molar-refractivity contribution is 6.09. The largest absolute Gasteiger partial charge is 0.314 e. The van der Waals surface area contributed by atoms with Gasteiger partial charge >= 0.3 is 0 Å². The van der Waals surface area contributed by atoms with Crippen molar-refractivity contribution in [1.82, 2.24) is 4.57 Å². The molecule has 0 bridgehead atoms. The predicted molar refractivity (Wildman–Crippen MR) is 151 cm³/mol. The number of aromatic nitrogens is 1. The number of hydrogen-bond acceptors (Lipinski definition) is 2. The third-order valence-electron chi connectivity index (χ3n) is 7.66. The van der Waals surface area contributed by atoms with Crippen molar-refractivity contribution in [1.29, 1.82) is 0 Å². The van der Waals surface area contributed by atoms with Crippen LogP contribution in [-0.2, 0) is 0 Å². The van der Waals surface area contributed by atoms with Crippen molar-refractivity contribution in [3.63, 3.8) is 0 Å². The molecule has 3 nitrogen and oxygen atoms in total. The zero-order valence-corrected chi connectivity index (χ0v) is 19.7. The molecule has 36 heavy (non-hydrogen) atoms. The average Bonchev–Trinajstić information content (AvgIpc) is 3.55. The Morgan fingerprint density at radius 1 is 0.500 bits per heavy atom. The van der Waals surface area contributed by atoms with Crippen molar-refractivity contribution in [2.45, 2.75) is 6.17 Å². The number of fused-ring (bicyclic) bond motifs is 8. The van der Waals surface area contributed by atoms with E-state index in [2.05, 4.69) is 142 Å². The molecule has 0 fully saturated rings. The molecule has 2 aliphatic rings. The quantitative estimate of drug-likeness (QED) is 0.256. The van der Waals surface area contributed by atoms with Crippen LogP contribution < -0.4 is 9.80 Å². The van der Waals surface area contributed by atoms with E-state index in [1.165, 1.54) is 50.1 Å². The zero-order chi connectivity index (χ0) is 23.8. The molecule has 5 aromatic carbocycles. The first-order valence-corrected chi connectivity index (χ1v) is 12.4. The first-order chi connectivity index (χ1) is 17.8. The van der Waals surface area contributed by atoms with E-state index in [0.717, 1.165) is 11.3 Å². The Morgan fingerprint density at radius 2 is 1.14 bits per heavy atom. The Balaban J connectivity index is 1.41. The van der Waals surface area contributed by atoms with E-state index < -0.39 is 0 Å². The number of hydrogen-bond donors (Lipinski definition) is 0. The third-order valence-corrected chi connectivity index (χ3v) is 7.66. The molecule has 170 valence electrons. The summed E-state index contributed by atoms with van der Waals surface area (Å²) in [5, 5.41) is 2.55. The van der Waals surface area contributed by atoms with Crippen molar-refractivity contribution in [3.8, 4) is 5.69 Å². The third kappa shape index (κ3) is 2.47. The molecule has 0 saturated heterocycles. The SMILES string of the molecule is C=C1c2ccccc2N2c3cc(-n4c5ccccc5c5ccccc54)ccc3N(c3ccccc3)C12. The Kier molecular flexibility index (Phi) is 3.87. The summed E-state index contributed by atoms with van der Waals surface area (Å²) in [4.78, 5) is 4.88. The summed E-state index contributed by atoms with van der Waals surface area (Å²) in [5.41, 5.74) is 10.7. The van der Waals surface area contributed by atoms with Crippen LogP contribution in [0.5, 0.6) is 0 Å². The van der Waals surface area contributed by atoms with Crippen LogP contribution in [0.4, 0.5) is 22.7 Å². The van der Waals surface area contributed by atoms with E-state index in [0.29, 0.717) is 0 Å². The minimum atomic E-state index is 0.0215. The van der Waals surface area contributed by atoms with Gasteiger partial charge in [-0.05, 0) is 54.1 Å². The maximum absolute atomic E-state index is 4.56. The Labute approximate surface area is 209 Å². The van der Waals surface area contributed by atoms with Crippen LogP contribution in [0.25, 0.3) is 33.1 Å². The van der Waals surface area contributed by atoms with Crippen LogP contribution in [0.15, 0.2) is 128 Å². The highest BCUT2D eigenvalue weighted by atomic mass is 15.4. The van der Waals surface area contributed by atoms with Crippen molar-refractivity contribution < 1.29 is 0 Å². The van der Waals surface area contributed by atoms with Gasteiger partial charge in [-0.3, -0.25) is 0 Å². The number of anilines is 4. The van der Waals surface area contributed by atoms with Gasteiger partial charge in [0.1, 0.15) is 6.17 Å². The second-order valence-corrected chi connectivity index (χ2v) is 9.53. The summed E-state index contributed by atoms with van der Waals surface area (Å²) in [6.45, 7) is 4.56. The smallest absolute Gasteiger partial charge is 0.137 e. The second-order valence-electron chi connectivity index (χ2n) is 9.53. The Hall–Kier alpha value is -4.76. The first kappa shape index (κ1) is 19.5. The molecule has 1 atom stereocenters. The number of benzene rings is 5. The lowest BCUT2D eigenvalue weighted by Gasteiger charge is -2.28. The molecule has 3 heteroatoms. The molecule has 3 heterocycles. The van der Waals surface area contributed by atoms with Gasteiger partial charge in [0.15, 0.2) is 0 Å². The van der Waals surface area contributed by atoms with E-state index in [1.807, 2.05) is 0 Å². The van der Waals surface area contributed by atoms with Crippen LogP contribution in [0.2, 0.25) is 0 Å². The monoisotopic (exact) mass is 461 g/mol. The van der Waals surface area contributed by atoms with Gasteiger partial charge in [-0.25, -0.2) is 0 Å². The summed E-state index contributed by atoms with van der Waals surface area (Å²) in [5.74, 6) is 0. The highest BCUT2D eigenvalue weighted by Gasteiger charge is 2.45. The van der Waals surface area contributed by atoms with Crippen LogP contribution in [0, 0.1) is 0 Å². The van der Waals surface area contributed by atoms with Gasteiger partial charge in [0.2, 0.25) is 0 Å². The van der Waals surface area contributed by atoms with Gasteiger partial charge < -0.3 is 14.4 Å². The van der Waals surface area contributed by atoms with E-state index in [1.54, 1.807) is 0 Å². The van der Waals surface area contributed by atoms with Gasteiger partial charge in [0.25, 0.3) is 0 Å². The van der Waals surface area contributed by atoms with E-state index in [-0.39, 0.29) is 6.17 Å². The fraction of sp³-hybridized carbons (Fsp3) is 0.0303. The molecule has 0 aliphatic carbocycles. The Morgan fingerprint density at radius 3 is 1.89 bits per heavy atom. The standard InChI is InChI=1S/C33H23N3/c1-22-25-13-5-8-16-28(25)36-32-21-24(19-20-31(32)35(33(22)36)23-11-3-2-4-12-23)34-29-17-9-6-14-26(29)27-15-7-10-18-30(27)34/h2-21,33H,1H2. The van der Waals surface area contributed by atoms with Crippen molar-refractivity contribution in [3.05, 3.63) is 133 Å². The van der Waals surface area contributed by atoms with E-state index in [9.17, 15) is 0 Å². The normalized spacial score (nSPS) is 16.0. The molecule has 0 radical (unpaired) electrons. The maximum atomic E-state index is 4.56. The molecule has 1 aromatic heterocycles. The Bertz CT molecular complexity index is 1780. The summed E-state index contributed by atoms with van der Waals surface area (Å²) in [6.07, 6.45) is 0.0215. The molecule has 2 aliphatic heterocycles. The highest BCUT2D eigenvalue weighted by Crippen LogP contribution is 2.56. The summed E-state index contributed by atoms with van der Waals surface area (Å²) >= 11 is 0. The van der Waals surface area contributed by atoms with Gasteiger partial charge in [-0.1, -0.05) is 79.4 Å². The summed E-state index contributed by atoms with van der Waals surface area (Å²) in [6, 6.07) is 43.5. The fourth-order valence-corrected chi connectivity index (χ4v) is 6.16. The fourth-order valence-electron chi connectivity index (χ4n) is 6.16. The van der Waals surface area contributed by atoms with Crippen molar-refractivity contribution in [2.75, 3.05) is 9.80 Å². The number of rotatable bonds is 2. The van der Waals surface area contributed by atoms with Gasteiger partial charge in [-0.15, -0.1) is 0 Å². The number of nitrogens with zero attached hydrogens (tertiary/aromatic N) is 3. The lowest BCUT2D eigenvalue weighted by atomic mass is 10.1. The summed E-state index contributed by atoms with van der Waals surface area (Å²) in [7, 11) is 0. The van der Waals surface area contributed by atoms with Gasteiger partial charge in [-0.2, -0.15) is 0 Å². The molecule has 0 saturated carbocycles. The summed E-state index contributed by atoms with van der Waals surface area (Å²) < 4.78 is 2.39. The van der Waals surface area contributed by atoms with E-state index in [4.69, 9.17) is 0 Å². The van der Waals surface area contributed by atoms with E-state index >= 15 is 0 Å². The lowest BCUT2D eigenvalue weighted by Crippen LogP contribution is -2.34. The van der Waals surface area contributed by atoms with Gasteiger partial charge in [0, 0.05) is 27.7 Å². The molecule has 8 rings (SSSR count). The number of para-hydroxylation sites is 4. The minimum absolute atomic E-state index is 0.0215. The van der Waals surface area contributed by atoms with Crippen LogP contribution in [0.1, 0.15) is 5.56 Å². The second kappa shape index (κ2) is 7.12. The molecular weight excluding hydrogens is 438 g/mol. The first-order valence-electron chi connectivity index (χ1n) is 12.4. The van der Waals surface area contributed by atoms with Crippen LogP contribution in [-0.4, -0.2) is 10.7 Å². The van der Waals surface area contributed by atoms with Crippen LogP contribution in [0.3, 0.4) is 0 Å². The maximum Gasteiger partial charge on any atom is 0.137 e. The zero-order valence-electron chi connectivity index (χ0n) is 19.7.